The molecule has 0 saturated carbocycles. The van der Waals surface area contributed by atoms with Gasteiger partial charge in [0.25, 0.3) is 0 Å². The summed E-state index contributed by atoms with van der Waals surface area (Å²) in [7, 11) is 1.57. The number of aryl methyl sites for hydroxylation is 1. The van der Waals surface area contributed by atoms with Crippen LogP contribution in [0.3, 0.4) is 0 Å². The molecular weight excluding hydrogens is 365 g/mol. The van der Waals surface area contributed by atoms with Gasteiger partial charge >= 0.3 is 0 Å². The molecule has 1 N–H and O–H groups in total. The van der Waals surface area contributed by atoms with Gasteiger partial charge in [-0.25, -0.2) is 4.39 Å². The van der Waals surface area contributed by atoms with Crippen LogP contribution in [0.1, 0.15) is 16.7 Å². The summed E-state index contributed by atoms with van der Waals surface area (Å²) in [6.45, 7) is 2.86. The van der Waals surface area contributed by atoms with E-state index in [1.807, 2.05) is 24.3 Å². The molecule has 0 amide bonds. The highest BCUT2D eigenvalue weighted by Gasteiger charge is 2.12. The molecule has 27 heavy (non-hydrogen) atoms. The van der Waals surface area contributed by atoms with Crippen LogP contribution in [0, 0.1) is 12.7 Å². The summed E-state index contributed by atoms with van der Waals surface area (Å²) in [5.41, 5.74) is 3.93. The highest BCUT2D eigenvalue weighted by Crippen LogP contribution is 2.37. The SMILES string of the molecule is COc1cc(CNc2ccc(C)cc2)cc(Cl)c1OCc1cccc(F)c1. The van der Waals surface area contributed by atoms with Gasteiger partial charge in [0.1, 0.15) is 12.4 Å². The van der Waals surface area contributed by atoms with Gasteiger partial charge in [0.15, 0.2) is 11.5 Å². The Bertz CT molecular complexity index is 913. The zero-order valence-corrected chi connectivity index (χ0v) is 16.0. The third-order valence-corrected chi connectivity index (χ3v) is 4.39. The van der Waals surface area contributed by atoms with Crippen molar-refractivity contribution in [2.75, 3.05) is 12.4 Å². The minimum absolute atomic E-state index is 0.203. The van der Waals surface area contributed by atoms with Gasteiger partial charge in [-0.1, -0.05) is 41.4 Å². The van der Waals surface area contributed by atoms with E-state index < -0.39 is 0 Å². The standard InChI is InChI=1S/C22H21ClFNO2/c1-15-6-8-19(9-7-15)25-13-17-11-20(23)22(21(12-17)26-2)27-14-16-4-3-5-18(24)10-16/h3-12,25H,13-14H2,1-2H3. The molecule has 140 valence electrons. The van der Waals surface area contributed by atoms with E-state index in [0.29, 0.717) is 23.1 Å². The Balaban J connectivity index is 1.71. The molecule has 0 spiro atoms. The fourth-order valence-electron chi connectivity index (χ4n) is 2.67. The van der Waals surface area contributed by atoms with Crippen molar-refractivity contribution in [2.24, 2.45) is 0 Å². The predicted octanol–water partition coefficient (Wildman–Crippen LogP) is 5.99. The number of hydrogen-bond acceptors (Lipinski definition) is 3. The Morgan fingerprint density at radius 2 is 1.78 bits per heavy atom. The van der Waals surface area contributed by atoms with Gasteiger partial charge in [-0.15, -0.1) is 0 Å². The molecular formula is C22H21ClFNO2. The lowest BCUT2D eigenvalue weighted by Crippen LogP contribution is -2.03. The van der Waals surface area contributed by atoms with Crippen molar-refractivity contribution in [1.82, 2.24) is 0 Å². The molecule has 0 unspecified atom stereocenters. The molecule has 0 bridgehead atoms. The Hall–Kier alpha value is -2.72. The van der Waals surface area contributed by atoms with E-state index in [4.69, 9.17) is 21.1 Å². The Morgan fingerprint density at radius 3 is 2.48 bits per heavy atom. The predicted molar refractivity (Wildman–Crippen MR) is 107 cm³/mol. The zero-order valence-electron chi connectivity index (χ0n) is 15.3. The second kappa shape index (κ2) is 8.78. The van der Waals surface area contributed by atoms with Gasteiger partial charge in [0.05, 0.1) is 12.1 Å². The Morgan fingerprint density at radius 1 is 1.00 bits per heavy atom. The Kier molecular flexibility index (Phi) is 6.20. The summed E-state index contributed by atoms with van der Waals surface area (Å²) in [6.07, 6.45) is 0. The van der Waals surface area contributed by atoms with E-state index in [1.54, 1.807) is 19.2 Å². The average Bonchev–Trinajstić information content (AvgIpc) is 2.66. The topological polar surface area (TPSA) is 30.5 Å². The first kappa shape index (κ1) is 19.1. The fourth-order valence-corrected chi connectivity index (χ4v) is 2.96. The summed E-state index contributed by atoms with van der Waals surface area (Å²) in [5, 5.41) is 3.80. The number of ether oxygens (including phenoxy) is 2. The van der Waals surface area contributed by atoms with Crippen LogP contribution in [0.15, 0.2) is 60.7 Å². The third kappa shape index (κ3) is 5.14. The maximum absolute atomic E-state index is 13.3. The molecule has 0 aliphatic carbocycles. The largest absolute Gasteiger partial charge is 0.493 e. The molecule has 0 radical (unpaired) electrons. The van der Waals surface area contributed by atoms with Crippen LogP contribution in [0.25, 0.3) is 0 Å². The molecule has 3 nitrogen and oxygen atoms in total. The van der Waals surface area contributed by atoms with Crippen molar-refractivity contribution in [2.45, 2.75) is 20.1 Å². The first-order valence-corrected chi connectivity index (χ1v) is 8.97. The molecule has 5 heteroatoms. The number of halogens is 2. The van der Waals surface area contributed by atoms with Crippen LogP contribution in [-0.2, 0) is 13.2 Å². The lowest BCUT2D eigenvalue weighted by atomic mass is 10.1. The van der Waals surface area contributed by atoms with Crippen molar-refractivity contribution in [3.63, 3.8) is 0 Å². The first-order chi connectivity index (χ1) is 13.0. The molecule has 0 aliphatic heterocycles. The minimum atomic E-state index is -0.299. The second-order valence-corrected chi connectivity index (χ2v) is 6.65. The molecule has 3 aromatic carbocycles. The summed E-state index contributed by atoms with van der Waals surface area (Å²) in [6, 6.07) is 18.2. The molecule has 0 aromatic heterocycles. The van der Waals surface area contributed by atoms with Crippen molar-refractivity contribution >= 4 is 17.3 Å². The van der Waals surface area contributed by atoms with Crippen molar-refractivity contribution in [3.05, 3.63) is 88.2 Å². The summed E-state index contributed by atoms with van der Waals surface area (Å²) < 4.78 is 24.5. The number of rotatable bonds is 7. The van der Waals surface area contributed by atoms with E-state index in [1.165, 1.54) is 17.7 Å². The van der Waals surface area contributed by atoms with Crippen molar-refractivity contribution in [1.29, 1.82) is 0 Å². The number of methoxy groups -OCH3 is 1. The Labute approximate surface area is 163 Å². The third-order valence-electron chi connectivity index (χ3n) is 4.11. The molecule has 0 aliphatic rings. The van der Waals surface area contributed by atoms with Gasteiger partial charge in [-0.3, -0.25) is 0 Å². The van der Waals surface area contributed by atoms with Crippen LogP contribution in [-0.4, -0.2) is 7.11 Å². The number of nitrogens with one attached hydrogen (secondary N) is 1. The highest BCUT2D eigenvalue weighted by atomic mass is 35.5. The lowest BCUT2D eigenvalue weighted by molar-refractivity contribution is 0.284. The highest BCUT2D eigenvalue weighted by molar-refractivity contribution is 6.32. The van der Waals surface area contributed by atoms with Crippen LogP contribution < -0.4 is 14.8 Å². The van der Waals surface area contributed by atoms with E-state index in [2.05, 4.69) is 24.4 Å². The van der Waals surface area contributed by atoms with Gasteiger partial charge in [-0.2, -0.15) is 0 Å². The zero-order chi connectivity index (χ0) is 19.2. The van der Waals surface area contributed by atoms with Gasteiger partial charge in [-0.05, 0) is 54.4 Å². The minimum Gasteiger partial charge on any atom is -0.493 e. The number of hydrogen-bond donors (Lipinski definition) is 1. The monoisotopic (exact) mass is 385 g/mol. The molecule has 3 aromatic rings. The molecule has 0 fully saturated rings. The van der Waals surface area contributed by atoms with Crippen molar-refractivity contribution < 1.29 is 13.9 Å². The van der Waals surface area contributed by atoms with E-state index >= 15 is 0 Å². The van der Waals surface area contributed by atoms with Crippen molar-refractivity contribution in [3.8, 4) is 11.5 Å². The molecule has 0 saturated heterocycles. The van der Waals surface area contributed by atoms with Crippen LogP contribution in [0.4, 0.5) is 10.1 Å². The van der Waals surface area contributed by atoms with Gasteiger partial charge in [0.2, 0.25) is 0 Å². The number of benzene rings is 3. The van der Waals surface area contributed by atoms with Crippen LogP contribution in [0.5, 0.6) is 11.5 Å². The number of anilines is 1. The smallest absolute Gasteiger partial charge is 0.180 e. The van der Waals surface area contributed by atoms with Gasteiger partial charge < -0.3 is 14.8 Å². The maximum Gasteiger partial charge on any atom is 0.180 e. The van der Waals surface area contributed by atoms with Crippen LogP contribution in [0.2, 0.25) is 5.02 Å². The lowest BCUT2D eigenvalue weighted by Gasteiger charge is -2.15. The fraction of sp³-hybridized carbons (Fsp3) is 0.182. The second-order valence-electron chi connectivity index (χ2n) is 6.25. The summed E-state index contributed by atoms with van der Waals surface area (Å²) in [5.74, 6) is 0.689. The maximum atomic E-state index is 13.3. The van der Waals surface area contributed by atoms with E-state index in [0.717, 1.165) is 16.8 Å². The molecule has 0 heterocycles. The first-order valence-electron chi connectivity index (χ1n) is 8.59. The summed E-state index contributed by atoms with van der Waals surface area (Å²) in [4.78, 5) is 0. The molecule has 3 rings (SSSR count). The van der Waals surface area contributed by atoms with E-state index in [9.17, 15) is 4.39 Å². The van der Waals surface area contributed by atoms with E-state index in [-0.39, 0.29) is 12.4 Å². The van der Waals surface area contributed by atoms with Gasteiger partial charge in [0, 0.05) is 12.2 Å². The average molecular weight is 386 g/mol. The normalized spacial score (nSPS) is 10.5. The summed E-state index contributed by atoms with van der Waals surface area (Å²) >= 11 is 6.41. The molecule has 0 atom stereocenters. The quantitative estimate of drug-likeness (QED) is 0.542. The van der Waals surface area contributed by atoms with Crippen LogP contribution >= 0.6 is 11.6 Å².